The minimum Gasteiger partial charge on any atom is -0.481 e. The molecule has 2 aromatic carbocycles. The molecule has 3 aromatic rings. The zero-order valence-electron chi connectivity index (χ0n) is 11.6. The molecular formula is C17H13FN2O2. The fourth-order valence-electron chi connectivity index (χ4n) is 2.07. The number of nitrogens with zero attached hydrogens (tertiary/aromatic N) is 1. The van der Waals surface area contributed by atoms with Crippen molar-refractivity contribution in [3.05, 3.63) is 66.6 Å². The molecule has 1 heterocycles. The van der Waals surface area contributed by atoms with Crippen LogP contribution in [-0.4, -0.2) is 17.5 Å². The van der Waals surface area contributed by atoms with Crippen LogP contribution < -0.4 is 10.1 Å². The lowest BCUT2D eigenvalue weighted by Gasteiger charge is -2.09. The third-order valence-electron chi connectivity index (χ3n) is 3.08. The van der Waals surface area contributed by atoms with Crippen molar-refractivity contribution >= 4 is 22.5 Å². The van der Waals surface area contributed by atoms with Gasteiger partial charge in [-0.15, -0.1) is 0 Å². The number of carbonyl (C=O) groups is 1. The smallest absolute Gasteiger partial charge is 0.262 e. The standard InChI is InChI=1S/C17H13FN2O2/c18-13-6-8-14(9-7-13)20-16(21)11-22-15-5-1-3-12-4-2-10-19-17(12)15/h1-10H,11H2,(H,20,21). The Hall–Kier alpha value is -2.95. The molecule has 0 unspecified atom stereocenters. The van der Waals surface area contributed by atoms with Crippen LogP contribution in [0.5, 0.6) is 5.75 Å². The van der Waals surface area contributed by atoms with Crippen molar-refractivity contribution in [2.45, 2.75) is 0 Å². The summed E-state index contributed by atoms with van der Waals surface area (Å²) in [6, 6.07) is 14.8. The Morgan fingerprint density at radius 3 is 2.68 bits per heavy atom. The van der Waals surface area contributed by atoms with E-state index in [0.29, 0.717) is 17.0 Å². The zero-order valence-corrected chi connectivity index (χ0v) is 11.6. The summed E-state index contributed by atoms with van der Waals surface area (Å²) in [5, 5.41) is 3.58. The third-order valence-corrected chi connectivity index (χ3v) is 3.08. The summed E-state index contributed by atoms with van der Waals surface area (Å²) in [7, 11) is 0. The molecule has 1 amide bonds. The summed E-state index contributed by atoms with van der Waals surface area (Å²) in [5.41, 5.74) is 1.23. The van der Waals surface area contributed by atoms with Crippen molar-refractivity contribution in [3.8, 4) is 5.75 Å². The summed E-state index contributed by atoms with van der Waals surface area (Å²) in [4.78, 5) is 16.1. The van der Waals surface area contributed by atoms with Gasteiger partial charge in [0.15, 0.2) is 6.61 Å². The molecule has 0 saturated heterocycles. The number of amides is 1. The third kappa shape index (κ3) is 3.20. The Labute approximate surface area is 126 Å². The van der Waals surface area contributed by atoms with E-state index in [0.717, 1.165) is 5.39 Å². The van der Waals surface area contributed by atoms with Crippen LogP contribution in [0.15, 0.2) is 60.8 Å². The van der Waals surface area contributed by atoms with Crippen molar-refractivity contribution in [1.82, 2.24) is 4.98 Å². The highest BCUT2D eigenvalue weighted by Crippen LogP contribution is 2.22. The van der Waals surface area contributed by atoms with Crippen LogP contribution in [0, 0.1) is 5.82 Å². The van der Waals surface area contributed by atoms with Crippen LogP contribution in [0.2, 0.25) is 0 Å². The second-order valence-corrected chi connectivity index (χ2v) is 4.68. The Balaban J connectivity index is 1.66. The summed E-state index contributed by atoms with van der Waals surface area (Å²) >= 11 is 0. The summed E-state index contributed by atoms with van der Waals surface area (Å²) in [6.45, 7) is -0.146. The molecular weight excluding hydrogens is 283 g/mol. The van der Waals surface area contributed by atoms with Crippen LogP contribution in [-0.2, 0) is 4.79 Å². The molecule has 4 nitrogen and oxygen atoms in total. The number of fused-ring (bicyclic) bond motifs is 1. The molecule has 0 atom stereocenters. The first kappa shape index (κ1) is 14.0. The van der Waals surface area contributed by atoms with E-state index < -0.39 is 0 Å². The highest BCUT2D eigenvalue weighted by Gasteiger charge is 2.07. The van der Waals surface area contributed by atoms with E-state index in [4.69, 9.17) is 4.74 Å². The van der Waals surface area contributed by atoms with Gasteiger partial charge in [0.05, 0.1) is 0 Å². The normalized spacial score (nSPS) is 10.4. The molecule has 0 aliphatic heterocycles. The van der Waals surface area contributed by atoms with Gasteiger partial charge in [0.2, 0.25) is 0 Å². The second kappa shape index (κ2) is 6.22. The maximum Gasteiger partial charge on any atom is 0.262 e. The van der Waals surface area contributed by atoms with Crippen LogP contribution in [0.1, 0.15) is 0 Å². The number of hydrogen-bond donors (Lipinski definition) is 1. The SMILES string of the molecule is O=C(COc1cccc2cccnc12)Nc1ccc(F)cc1. The molecule has 5 heteroatoms. The number of hydrogen-bond acceptors (Lipinski definition) is 3. The number of para-hydroxylation sites is 1. The van der Waals surface area contributed by atoms with E-state index in [2.05, 4.69) is 10.3 Å². The molecule has 0 bridgehead atoms. The fraction of sp³-hybridized carbons (Fsp3) is 0.0588. The first-order chi connectivity index (χ1) is 10.7. The number of halogens is 1. The maximum absolute atomic E-state index is 12.8. The van der Waals surface area contributed by atoms with E-state index in [1.807, 2.05) is 24.3 Å². The number of rotatable bonds is 4. The first-order valence-electron chi connectivity index (χ1n) is 6.74. The van der Waals surface area contributed by atoms with Gasteiger partial charge in [-0.3, -0.25) is 9.78 Å². The number of nitrogens with one attached hydrogen (secondary N) is 1. The predicted octanol–water partition coefficient (Wildman–Crippen LogP) is 3.39. The van der Waals surface area contributed by atoms with E-state index in [-0.39, 0.29) is 18.3 Å². The molecule has 1 N–H and O–H groups in total. The number of ether oxygens (including phenoxy) is 1. The molecule has 0 aliphatic rings. The second-order valence-electron chi connectivity index (χ2n) is 4.68. The van der Waals surface area contributed by atoms with Gasteiger partial charge in [0.1, 0.15) is 17.1 Å². The van der Waals surface area contributed by atoms with Gasteiger partial charge in [-0.25, -0.2) is 4.39 Å². The maximum atomic E-state index is 12.8. The van der Waals surface area contributed by atoms with Gasteiger partial charge in [-0.05, 0) is 36.4 Å². The molecule has 0 fully saturated rings. The molecule has 0 radical (unpaired) electrons. The topological polar surface area (TPSA) is 51.2 Å². The number of aromatic nitrogens is 1. The highest BCUT2D eigenvalue weighted by atomic mass is 19.1. The Kier molecular flexibility index (Phi) is 3.96. The number of carbonyl (C=O) groups excluding carboxylic acids is 1. The lowest BCUT2D eigenvalue weighted by molar-refractivity contribution is -0.118. The number of benzene rings is 2. The van der Waals surface area contributed by atoms with Crippen molar-refractivity contribution in [3.63, 3.8) is 0 Å². The Morgan fingerprint density at radius 2 is 1.86 bits per heavy atom. The minimum absolute atomic E-state index is 0.146. The van der Waals surface area contributed by atoms with E-state index in [9.17, 15) is 9.18 Å². The van der Waals surface area contributed by atoms with E-state index >= 15 is 0 Å². The van der Waals surface area contributed by atoms with Crippen LogP contribution in [0.4, 0.5) is 10.1 Å². The van der Waals surface area contributed by atoms with Gasteiger partial charge < -0.3 is 10.1 Å². The molecule has 22 heavy (non-hydrogen) atoms. The molecule has 1 aromatic heterocycles. The molecule has 110 valence electrons. The fourth-order valence-corrected chi connectivity index (χ4v) is 2.07. The molecule has 3 rings (SSSR count). The lowest BCUT2D eigenvalue weighted by Crippen LogP contribution is -2.20. The van der Waals surface area contributed by atoms with Gasteiger partial charge in [0.25, 0.3) is 5.91 Å². The summed E-state index contributed by atoms with van der Waals surface area (Å²) in [6.07, 6.45) is 1.67. The zero-order chi connectivity index (χ0) is 15.4. The van der Waals surface area contributed by atoms with Gasteiger partial charge >= 0.3 is 0 Å². The lowest BCUT2D eigenvalue weighted by atomic mass is 10.2. The minimum atomic E-state index is -0.351. The monoisotopic (exact) mass is 296 g/mol. The van der Waals surface area contributed by atoms with Crippen LogP contribution >= 0.6 is 0 Å². The van der Waals surface area contributed by atoms with Crippen molar-refractivity contribution in [2.75, 3.05) is 11.9 Å². The van der Waals surface area contributed by atoms with Crippen molar-refractivity contribution in [1.29, 1.82) is 0 Å². The van der Waals surface area contributed by atoms with Gasteiger partial charge in [0, 0.05) is 17.3 Å². The largest absolute Gasteiger partial charge is 0.481 e. The highest BCUT2D eigenvalue weighted by molar-refractivity contribution is 5.92. The number of anilines is 1. The predicted molar refractivity (Wildman–Crippen MR) is 82.3 cm³/mol. The summed E-state index contributed by atoms with van der Waals surface area (Å²) in [5.74, 6) is -0.122. The molecule has 0 spiro atoms. The van der Waals surface area contributed by atoms with E-state index in [1.165, 1.54) is 24.3 Å². The van der Waals surface area contributed by atoms with Crippen LogP contribution in [0.3, 0.4) is 0 Å². The Bertz CT molecular complexity index is 798. The van der Waals surface area contributed by atoms with Gasteiger partial charge in [-0.1, -0.05) is 18.2 Å². The first-order valence-corrected chi connectivity index (χ1v) is 6.74. The average molecular weight is 296 g/mol. The number of pyridine rings is 1. The van der Waals surface area contributed by atoms with Crippen molar-refractivity contribution < 1.29 is 13.9 Å². The van der Waals surface area contributed by atoms with E-state index in [1.54, 1.807) is 12.3 Å². The van der Waals surface area contributed by atoms with Crippen molar-refractivity contribution in [2.24, 2.45) is 0 Å². The summed E-state index contributed by atoms with van der Waals surface area (Å²) < 4.78 is 18.3. The van der Waals surface area contributed by atoms with Crippen LogP contribution in [0.25, 0.3) is 10.9 Å². The molecule has 0 saturated carbocycles. The van der Waals surface area contributed by atoms with Gasteiger partial charge in [-0.2, -0.15) is 0 Å². The quantitative estimate of drug-likeness (QED) is 0.803. The average Bonchev–Trinajstić information content (AvgIpc) is 2.55. The molecule has 0 aliphatic carbocycles. The Morgan fingerprint density at radius 1 is 1.09 bits per heavy atom.